The number of carbonyl (C=O) groups excluding carboxylic acids is 7. The molecule has 6 amide bonds. The van der Waals surface area contributed by atoms with Gasteiger partial charge in [0.05, 0.1) is 41.2 Å². The normalized spacial score (nSPS) is 19.9. The Morgan fingerprint density at radius 1 is 0.719 bits per heavy atom. The highest BCUT2D eigenvalue weighted by molar-refractivity contribution is 7.15. The first-order valence-electron chi connectivity index (χ1n) is 29.0. The van der Waals surface area contributed by atoms with E-state index < -0.39 is 48.4 Å². The van der Waals surface area contributed by atoms with Gasteiger partial charge in [-0.3, -0.25) is 33.6 Å². The van der Waals surface area contributed by atoms with Crippen molar-refractivity contribution in [2.75, 3.05) is 52.2 Å². The zero-order valence-corrected chi connectivity index (χ0v) is 54.0. The minimum atomic E-state index is -1.27. The molecule has 1 saturated heterocycles. The van der Waals surface area contributed by atoms with Crippen LogP contribution in [0.4, 0.5) is 5.82 Å². The number of thiazole rings is 6. The molecule has 9 heterocycles. The summed E-state index contributed by atoms with van der Waals surface area (Å²) in [4.78, 5) is 134. The first-order valence-corrected chi connectivity index (χ1v) is 34.1. The van der Waals surface area contributed by atoms with Gasteiger partial charge in [-0.15, -0.1) is 68.0 Å². The summed E-state index contributed by atoms with van der Waals surface area (Å²) in [5.41, 5.74) is 3.04. The van der Waals surface area contributed by atoms with E-state index in [2.05, 4.69) is 31.9 Å². The van der Waals surface area contributed by atoms with Crippen LogP contribution in [0.25, 0.3) is 43.4 Å². The number of piperazine rings is 1. The van der Waals surface area contributed by atoms with Crippen LogP contribution in [-0.2, 0) is 30.5 Å². The van der Waals surface area contributed by atoms with Crippen molar-refractivity contribution in [2.24, 2.45) is 17.8 Å². The highest BCUT2D eigenvalue weighted by atomic mass is 32.1. The van der Waals surface area contributed by atoms with E-state index in [0.717, 1.165) is 13.1 Å². The molecule has 10 bridgehead atoms. The number of anilines is 1. The van der Waals surface area contributed by atoms with E-state index in [0.29, 0.717) is 118 Å². The quantitative estimate of drug-likeness (QED) is 0.0639. The zero-order chi connectivity index (χ0) is 62.5. The summed E-state index contributed by atoms with van der Waals surface area (Å²) in [5, 5.41) is 39.0. The Balaban J connectivity index is 0.932. The van der Waals surface area contributed by atoms with Gasteiger partial charge in [-0.25, -0.2) is 34.9 Å². The first kappa shape index (κ1) is 63.1. The number of hydrogen-bond acceptors (Lipinski definition) is 23. The average molecular weight is 1320 g/mol. The Morgan fingerprint density at radius 2 is 1.42 bits per heavy atom. The molecule has 4 atom stereocenters. The highest BCUT2D eigenvalue weighted by Gasteiger charge is 2.35. The fourth-order valence-electron chi connectivity index (χ4n) is 10.9. The Morgan fingerprint density at radius 3 is 2.17 bits per heavy atom. The van der Waals surface area contributed by atoms with Gasteiger partial charge < -0.3 is 46.6 Å². The van der Waals surface area contributed by atoms with E-state index in [4.69, 9.17) is 39.6 Å². The Kier molecular flexibility index (Phi) is 19.9. The number of aliphatic hydroxyl groups is 1. The van der Waals surface area contributed by atoms with Crippen molar-refractivity contribution in [1.29, 1.82) is 0 Å². The maximum Gasteiger partial charge on any atom is 0.271 e. The molecule has 7 N–H and O–H groups in total. The zero-order valence-electron chi connectivity index (χ0n) is 49.1. The van der Waals surface area contributed by atoms with Crippen molar-refractivity contribution in [3.8, 4) is 43.4 Å². The molecule has 11 rings (SSSR count). The molecule has 0 unspecified atom stereocenters. The molecule has 1 aromatic carbocycles. The molecule has 3 aliphatic rings. The number of pyridine rings is 1. The van der Waals surface area contributed by atoms with Crippen LogP contribution in [0.2, 0.25) is 0 Å². The molecule has 8 aromatic rings. The summed E-state index contributed by atoms with van der Waals surface area (Å²) in [6.07, 6.45) is 0.996. The number of methoxy groups -OCH3 is 1. The second-order valence-electron chi connectivity index (χ2n) is 22.1. The number of nitrogens with zero attached hydrogens (tertiary/aromatic N) is 8. The van der Waals surface area contributed by atoms with Crippen molar-refractivity contribution in [1.82, 2.24) is 66.4 Å². The molecule has 1 aliphatic carbocycles. The molecule has 0 spiro atoms. The van der Waals surface area contributed by atoms with Crippen LogP contribution in [0.5, 0.6) is 0 Å². The number of rotatable bonds is 11. The number of amides is 6. The van der Waals surface area contributed by atoms with Gasteiger partial charge in [0.2, 0.25) is 23.6 Å². The lowest BCUT2D eigenvalue weighted by molar-refractivity contribution is -0.138. The molecule has 2 fully saturated rings. The monoisotopic (exact) mass is 1320 g/mol. The molecule has 29 heteroatoms. The maximum atomic E-state index is 14.4. The number of Topliss-reactive ketones (excluding diaryl/α,β-unsaturated/α-hetero) is 1. The van der Waals surface area contributed by atoms with E-state index in [-0.39, 0.29) is 77.8 Å². The van der Waals surface area contributed by atoms with Crippen LogP contribution < -0.4 is 31.9 Å². The topological polar surface area (TPSA) is 315 Å². The lowest BCUT2D eigenvalue weighted by atomic mass is 9.81. The molecule has 464 valence electrons. The van der Waals surface area contributed by atoms with Gasteiger partial charge in [0.1, 0.15) is 77.2 Å². The highest BCUT2D eigenvalue weighted by Crippen LogP contribution is 2.41. The number of aliphatic hydroxyl groups excluding tert-OH is 1. The third kappa shape index (κ3) is 14.4. The summed E-state index contributed by atoms with van der Waals surface area (Å²) < 4.78 is 5.48. The first-order chi connectivity index (χ1) is 43.0. The van der Waals surface area contributed by atoms with Gasteiger partial charge in [-0.05, 0) is 56.2 Å². The predicted molar refractivity (Wildman–Crippen MR) is 342 cm³/mol. The van der Waals surface area contributed by atoms with Crippen molar-refractivity contribution in [2.45, 2.75) is 90.0 Å². The molecular formula is C60H64N14O9S6. The number of aryl methyl sites for hydroxylation is 1. The van der Waals surface area contributed by atoms with Crippen molar-refractivity contribution >= 4 is 115 Å². The van der Waals surface area contributed by atoms with Crippen molar-refractivity contribution in [3.63, 3.8) is 0 Å². The standard InChI is InChI=1S/C60H64N14O9S6/c1-29(2)35-21-41(75)46-30(3)88-58(72-46)37(22-44(76)61-4)65-52(80)39-26-84-54(67-39)34-15-16-36(56-70-43(28-87-56)69-51(79)32-11-13-33(14-12-32)60(82)74-19-17-62-18-20-74)64-47(34)38-25-85-57(66-38)40-27-86-59(68-40)49(50(78)31-9-7-6-8-10-31)71-45(77)23-63-53(81)48-42(24-83-5)89-55(35)73-48/h6-10,15-16,25-29,32-33,35,37,49-50,62,78H,11-14,17-24H2,1-5H3,(H,61,76)(H,63,81)(H,65,80)(H,69,79)(H,71,77)/t32?,33?,35-,37-,49-,50-/m0/s1. The third-order valence-corrected chi connectivity index (χ3v) is 21.5. The predicted octanol–water partition coefficient (Wildman–Crippen LogP) is 8.37. The number of fused-ring (bicyclic) bond motifs is 14. The van der Waals surface area contributed by atoms with Gasteiger partial charge in [-0.2, -0.15) is 0 Å². The lowest BCUT2D eigenvalue weighted by Gasteiger charge is -2.33. The summed E-state index contributed by atoms with van der Waals surface area (Å²) in [5.74, 6) is -3.10. The summed E-state index contributed by atoms with van der Waals surface area (Å²) in [6.45, 7) is 8.16. The van der Waals surface area contributed by atoms with E-state index in [1.807, 2.05) is 36.3 Å². The van der Waals surface area contributed by atoms with E-state index in [1.165, 1.54) is 82.2 Å². The maximum absolute atomic E-state index is 14.4. The average Bonchev–Trinajstić information content (AvgIpc) is 2.17. The summed E-state index contributed by atoms with van der Waals surface area (Å²) in [7, 11) is 2.98. The van der Waals surface area contributed by atoms with Crippen LogP contribution in [0.3, 0.4) is 0 Å². The smallest absolute Gasteiger partial charge is 0.271 e. The van der Waals surface area contributed by atoms with Gasteiger partial charge >= 0.3 is 0 Å². The van der Waals surface area contributed by atoms with Crippen LogP contribution >= 0.6 is 68.0 Å². The number of ether oxygens (including phenoxy) is 1. The molecule has 0 radical (unpaired) electrons. The molecule has 23 nitrogen and oxygen atoms in total. The number of hydrogen-bond donors (Lipinski definition) is 7. The molecule has 2 aliphatic heterocycles. The molecular weight excluding hydrogens is 1250 g/mol. The largest absolute Gasteiger partial charge is 0.386 e. The van der Waals surface area contributed by atoms with Gasteiger partial charge in [-0.1, -0.05) is 44.2 Å². The van der Waals surface area contributed by atoms with Gasteiger partial charge in [0.25, 0.3) is 11.8 Å². The fourth-order valence-corrected chi connectivity index (χ4v) is 16.4. The lowest BCUT2D eigenvalue weighted by Crippen LogP contribution is -2.49. The van der Waals surface area contributed by atoms with Crippen LogP contribution in [0.15, 0.2) is 64.0 Å². The second kappa shape index (κ2) is 28.1. The number of nitrogens with one attached hydrogen (secondary N) is 6. The minimum absolute atomic E-state index is 0.0317. The van der Waals surface area contributed by atoms with E-state index in [9.17, 15) is 38.7 Å². The number of carbonyl (C=O) groups is 7. The minimum Gasteiger partial charge on any atom is -0.386 e. The Labute approximate surface area is 536 Å². The van der Waals surface area contributed by atoms with Crippen molar-refractivity contribution < 1.29 is 43.4 Å². The van der Waals surface area contributed by atoms with Gasteiger partial charge in [0, 0.05) is 96.5 Å². The van der Waals surface area contributed by atoms with Gasteiger partial charge in [0.15, 0.2) is 5.78 Å². The molecule has 1 saturated carbocycles. The number of aromatic nitrogens is 7. The second-order valence-corrected chi connectivity index (χ2v) is 27.9. The van der Waals surface area contributed by atoms with Crippen LogP contribution in [-0.4, -0.2) is 133 Å². The van der Waals surface area contributed by atoms with Crippen molar-refractivity contribution in [3.05, 3.63) is 111 Å². The number of benzene rings is 1. The Bertz CT molecular complexity index is 3920. The Hall–Kier alpha value is -7.48. The van der Waals surface area contributed by atoms with Crippen LogP contribution in [0.1, 0.15) is 138 Å². The fraction of sp³-hybridized carbons (Fsp3) is 0.400. The summed E-state index contributed by atoms with van der Waals surface area (Å²) >= 11 is 7.41. The van der Waals surface area contributed by atoms with Crippen LogP contribution in [0, 0.1) is 24.7 Å². The molecule has 7 aromatic heterocycles. The summed E-state index contributed by atoms with van der Waals surface area (Å²) in [6, 6.07) is 10.4. The van der Waals surface area contributed by atoms with E-state index in [1.54, 1.807) is 53.4 Å². The number of ketones is 1. The van der Waals surface area contributed by atoms with E-state index >= 15 is 0 Å². The molecule has 89 heavy (non-hydrogen) atoms. The third-order valence-electron chi connectivity index (χ3n) is 15.7. The SMILES string of the molecule is CNC(=O)C[C@@H]1NC(=O)c2csc(n2)-c2ccc(-c3nc(NC(=O)C4CCC(C(=O)N5CCNCC5)CC4)cs3)nc2-c2csc(n2)-c2csc(n2)[C@H]([C@@H](O)c2ccccc2)NC(=O)CNC(=O)c2nc(sc2COC)[C@H](C(C)C)CC(=O)c2nc1sc2C.